The van der Waals surface area contributed by atoms with E-state index in [9.17, 15) is 4.79 Å². The van der Waals surface area contributed by atoms with E-state index in [1.54, 1.807) is 0 Å². The molecule has 1 unspecified atom stereocenters. The van der Waals surface area contributed by atoms with Crippen molar-refractivity contribution in [1.82, 2.24) is 0 Å². The molecule has 0 bridgehead atoms. The molecule has 0 N–H and O–H groups in total. The maximum Gasteiger partial charge on any atom is 0.302 e. The van der Waals surface area contributed by atoms with E-state index in [0.717, 1.165) is 6.42 Å². The van der Waals surface area contributed by atoms with Gasteiger partial charge >= 0.3 is 5.97 Å². The van der Waals surface area contributed by atoms with Crippen molar-refractivity contribution >= 4 is 5.97 Å². The fourth-order valence-electron chi connectivity index (χ4n) is 2.46. The third kappa shape index (κ3) is 3.00. The van der Waals surface area contributed by atoms with Gasteiger partial charge in [0.1, 0.15) is 6.10 Å². The molecule has 0 aromatic carbocycles. The monoisotopic (exact) mass is 198 g/mol. The first-order valence-electron chi connectivity index (χ1n) is 5.68. The predicted octanol–water partition coefficient (Wildman–Crippen LogP) is 3.01. The zero-order chi connectivity index (χ0) is 10.7. The third-order valence-electron chi connectivity index (χ3n) is 3.28. The fourth-order valence-corrected chi connectivity index (χ4v) is 2.46. The molecular formula is C12H22O2. The van der Waals surface area contributed by atoms with E-state index in [2.05, 4.69) is 20.8 Å². The summed E-state index contributed by atoms with van der Waals surface area (Å²) in [5.41, 5.74) is 0. The molecule has 14 heavy (non-hydrogen) atoms. The van der Waals surface area contributed by atoms with E-state index in [0.29, 0.717) is 17.8 Å². The molecule has 2 heteroatoms. The van der Waals surface area contributed by atoms with Crippen LogP contribution in [0, 0.1) is 17.8 Å². The van der Waals surface area contributed by atoms with Crippen LogP contribution in [-0.4, -0.2) is 12.1 Å². The zero-order valence-corrected chi connectivity index (χ0v) is 9.75. The Hall–Kier alpha value is -0.530. The summed E-state index contributed by atoms with van der Waals surface area (Å²) in [4.78, 5) is 11.0. The maximum absolute atomic E-state index is 11.0. The summed E-state index contributed by atoms with van der Waals surface area (Å²) in [6.45, 7) is 8.19. The molecular weight excluding hydrogens is 176 g/mol. The highest BCUT2D eigenvalue weighted by Crippen LogP contribution is 2.35. The lowest BCUT2D eigenvalue weighted by atomic mass is 9.75. The molecule has 0 aliphatic heterocycles. The lowest BCUT2D eigenvalue weighted by Gasteiger charge is -2.36. The molecule has 82 valence electrons. The van der Waals surface area contributed by atoms with E-state index in [4.69, 9.17) is 4.74 Å². The summed E-state index contributed by atoms with van der Waals surface area (Å²) in [5.74, 6) is 1.76. The largest absolute Gasteiger partial charge is 0.462 e. The lowest BCUT2D eigenvalue weighted by Crippen LogP contribution is -2.35. The van der Waals surface area contributed by atoms with E-state index in [1.807, 2.05) is 0 Å². The van der Waals surface area contributed by atoms with Crippen LogP contribution in [0.15, 0.2) is 0 Å². The smallest absolute Gasteiger partial charge is 0.302 e. The topological polar surface area (TPSA) is 26.3 Å². The highest BCUT2D eigenvalue weighted by Gasteiger charge is 2.32. The minimum Gasteiger partial charge on any atom is -0.462 e. The Bertz CT molecular complexity index is 198. The second-order valence-corrected chi connectivity index (χ2v) is 4.97. The van der Waals surface area contributed by atoms with Crippen LogP contribution < -0.4 is 0 Å². The summed E-state index contributed by atoms with van der Waals surface area (Å²) in [6.07, 6.45) is 3.69. The van der Waals surface area contributed by atoms with Gasteiger partial charge in [0.15, 0.2) is 0 Å². The molecule has 3 atom stereocenters. The van der Waals surface area contributed by atoms with Gasteiger partial charge in [0.2, 0.25) is 0 Å². The molecule has 0 aromatic heterocycles. The normalized spacial score (nSPS) is 33.1. The SMILES string of the molecule is CC(=O)O[C@H]1C[C@H](C)CCC1C(C)C. The Balaban J connectivity index is 2.58. The highest BCUT2D eigenvalue weighted by molar-refractivity contribution is 5.66. The Labute approximate surface area is 87.0 Å². The van der Waals surface area contributed by atoms with Crippen LogP contribution in [0.1, 0.15) is 47.0 Å². The van der Waals surface area contributed by atoms with Gasteiger partial charge < -0.3 is 4.74 Å². The zero-order valence-electron chi connectivity index (χ0n) is 9.75. The molecule has 1 rings (SSSR count). The Morgan fingerprint density at radius 2 is 2.00 bits per heavy atom. The molecule has 0 heterocycles. The van der Waals surface area contributed by atoms with Crippen LogP contribution in [-0.2, 0) is 9.53 Å². The van der Waals surface area contributed by atoms with Crippen molar-refractivity contribution < 1.29 is 9.53 Å². The van der Waals surface area contributed by atoms with Crippen LogP contribution in [0.3, 0.4) is 0 Å². The number of rotatable bonds is 2. The molecule has 0 saturated heterocycles. The van der Waals surface area contributed by atoms with Gasteiger partial charge in [0, 0.05) is 6.92 Å². The number of hydrogen-bond acceptors (Lipinski definition) is 2. The number of carbonyl (C=O) groups is 1. The predicted molar refractivity (Wildman–Crippen MR) is 56.9 cm³/mol. The van der Waals surface area contributed by atoms with Crippen molar-refractivity contribution in [3.8, 4) is 0 Å². The lowest BCUT2D eigenvalue weighted by molar-refractivity contribution is -0.153. The number of esters is 1. The van der Waals surface area contributed by atoms with E-state index in [1.165, 1.54) is 19.8 Å². The summed E-state index contributed by atoms with van der Waals surface area (Å²) in [5, 5.41) is 0. The van der Waals surface area contributed by atoms with Crippen LogP contribution in [0.2, 0.25) is 0 Å². The van der Waals surface area contributed by atoms with Crippen molar-refractivity contribution in [3.63, 3.8) is 0 Å². The van der Waals surface area contributed by atoms with Crippen LogP contribution in [0.4, 0.5) is 0 Å². The van der Waals surface area contributed by atoms with Gasteiger partial charge in [-0.15, -0.1) is 0 Å². The summed E-state index contributed by atoms with van der Waals surface area (Å²) in [7, 11) is 0. The number of hydrogen-bond donors (Lipinski definition) is 0. The highest BCUT2D eigenvalue weighted by atomic mass is 16.5. The van der Waals surface area contributed by atoms with Crippen molar-refractivity contribution in [2.75, 3.05) is 0 Å². The first kappa shape index (κ1) is 11.5. The molecule has 1 fully saturated rings. The third-order valence-corrected chi connectivity index (χ3v) is 3.28. The second-order valence-electron chi connectivity index (χ2n) is 4.97. The molecule has 2 nitrogen and oxygen atoms in total. The molecule has 1 aliphatic rings. The minimum atomic E-state index is -0.130. The standard InChI is InChI=1S/C12H22O2/c1-8(2)11-6-5-9(3)7-12(11)14-10(4)13/h8-9,11-12H,5-7H2,1-4H3/t9-,11?,12+/m1/s1. The van der Waals surface area contributed by atoms with Gasteiger partial charge in [-0.1, -0.05) is 27.2 Å². The first-order chi connectivity index (χ1) is 6.50. The van der Waals surface area contributed by atoms with E-state index < -0.39 is 0 Å². The van der Waals surface area contributed by atoms with Gasteiger partial charge in [-0.25, -0.2) is 0 Å². The van der Waals surface area contributed by atoms with Crippen LogP contribution in [0.25, 0.3) is 0 Å². The number of carbonyl (C=O) groups excluding carboxylic acids is 1. The van der Waals surface area contributed by atoms with Gasteiger partial charge in [-0.3, -0.25) is 4.79 Å². The van der Waals surface area contributed by atoms with Crippen LogP contribution in [0.5, 0.6) is 0 Å². The molecule has 0 radical (unpaired) electrons. The van der Waals surface area contributed by atoms with Crippen molar-refractivity contribution in [1.29, 1.82) is 0 Å². The maximum atomic E-state index is 11.0. The van der Waals surface area contributed by atoms with Crippen LogP contribution >= 0.6 is 0 Å². The number of ether oxygens (including phenoxy) is 1. The van der Waals surface area contributed by atoms with Crippen molar-refractivity contribution in [2.24, 2.45) is 17.8 Å². The van der Waals surface area contributed by atoms with Crippen molar-refractivity contribution in [2.45, 2.75) is 53.1 Å². The van der Waals surface area contributed by atoms with Crippen molar-refractivity contribution in [3.05, 3.63) is 0 Å². The summed E-state index contributed by atoms with van der Waals surface area (Å²) in [6, 6.07) is 0. The molecule has 1 saturated carbocycles. The molecule has 0 spiro atoms. The van der Waals surface area contributed by atoms with Gasteiger partial charge in [-0.05, 0) is 30.6 Å². The van der Waals surface area contributed by atoms with E-state index in [-0.39, 0.29) is 12.1 Å². The second kappa shape index (κ2) is 4.81. The molecule has 0 amide bonds. The fraction of sp³-hybridized carbons (Fsp3) is 0.917. The van der Waals surface area contributed by atoms with Gasteiger partial charge in [-0.2, -0.15) is 0 Å². The average Bonchev–Trinajstić information content (AvgIpc) is 2.01. The average molecular weight is 198 g/mol. The Morgan fingerprint density at radius 3 is 2.50 bits per heavy atom. The Kier molecular flexibility index (Phi) is 3.97. The van der Waals surface area contributed by atoms with E-state index >= 15 is 0 Å². The molecule has 0 aromatic rings. The summed E-state index contributed by atoms with van der Waals surface area (Å²) < 4.78 is 5.40. The molecule has 1 aliphatic carbocycles. The summed E-state index contributed by atoms with van der Waals surface area (Å²) >= 11 is 0. The minimum absolute atomic E-state index is 0.130. The first-order valence-corrected chi connectivity index (χ1v) is 5.68. The Morgan fingerprint density at radius 1 is 1.36 bits per heavy atom. The van der Waals surface area contributed by atoms with Gasteiger partial charge in [0.05, 0.1) is 0 Å². The van der Waals surface area contributed by atoms with Gasteiger partial charge in [0.25, 0.3) is 0 Å². The quantitative estimate of drug-likeness (QED) is 0.637.